The number of allylic oxidation sites excluding steroid dienone is 3. The Morgan fingerprint density at radius 1 is 0.763 bits per heavy atom. The second-order valence-corrected chi connectivity index (χ2v) is 8.16. The van der Waals surface area contributed by atoms with E-state index in [1.165, 1.54) is 48.7 Å². The number of aromatic nitrogens is 2. The van der Waals surface area contributed by atoms with Gasteiger partial charge in [-0.05, 0) is 53.1 Å². The number of para-hydroxylation sites is 1. The monoisotopic (exact) mass is 527 g/mol. The van der Waals surface area contributed by atoms with Crippen molar-refractivity contribution in [3.63, 3.8) is 0 Å². The van der Waals surface area contributed by atoms with Gasteiger partial charge < -0.3 is 5.73 Å². The lowest BCUT2D eigenvalue weighted by atomic mass is 9.95. The number of nitrogen functional groups attached to an aromatic ring is 1. The number of hydrogen-bond donors (Lipinski definition) is 1. The molecule has 0 atom stereocenters. The highest BCUT2D eigenvalue weighted by atomic mass is 19.4. The molecular formula is C28H19F6N3O. The van der Waals surface area contributed by atoms with Gasteiger partial charge in [0.15, 0.2) is 0 Å². The molecule has 38 heavy (non-hydrogen) atoms. The average molecular weight is 527 g/mol. The summed E-state index contributed by atoms with van der Waals surface area (Å²) < 4.78 is 79.1. The maximum absolute atomic E-state index is 13.0. The van der Waals surface area contributed by atoms with Gasteiger partial charge in [-0.1, -0.05) is 54.6 Å². The molecule has 0 fully saturated rings. The lowest BCUT2D eigenvalue weighted by molar-refractivity contribution is -0.138. The van der Waals surface area contributed by atoms with E-state index in [1.54, 1.807) is 30.3 Å². The quantitative estimate of drug-likeness (QED) is 0.127. The summed E-state index contributed by atoms with van der Waals surface area (Å²) >= 11 is 0. The first-order chi connectivity index (χ1) is 17.9. The van der Waals surface area contributed by atoms with Crippen molar-refractivity contribution < 1.29 is 31.1 Å². The van der Waals surface area contributed by atoms with Crippen LogP contribution >= 0.6 is 0 Å². The zero-order chi connectivity index (χ0) is 27.5. The number of benzene rings is 3. The number of carbonyl (C=O) groups is 1. The van der Waals surface area contributed by atoms with Crippen molar-refractivity contribution in [2.24, 2.45) is 0 Å². The van der Waals surface area contributed by atoms with E-state index < -0.39 is 29.4 Å². The second-order valence-electron chi connectivity index (χ2n) is 8.16. The zero-order valence-corrected chi connectivity index (χ0v) is 19.5. The van der Waals surface area contributed by atoms with Crippen LogP contribution in [0.3, 0.4) is 0 Å². The van der Waals surface area contributed by atoms with E-state index in [0.29, 0.717) is 33.6 Å². The predicted molar refractivity (Wildman–Crippen MR) is 132 cm³/mol. The number of nitrogens with zero attached hydrogens (tertiary/aromatic N) is 2. The standard InChI is InChI=1S/C28H19F6N3O/c29-27(30,31)20-12-8-18(9-13-20)22(19-10-14-21(15-11-19)28(32,33)34)5-3-7-26(38)37-17-16-25(36-37)23-4-1-2-6-24(23)35/h1-17H,35H2/b7-3+. The van der Waals surface area contributed by atoms with Crippen molar-refractivity contribution in [2.75, 3.05) is 5.73 Å². The van der Waals surface area contributed by atoms with Crippen LogP contribution in [0.25, 0.3) is 16.8 Å². The highest BCUT2D eigenvalue weighted by Crippen LogP contribution is 2.33. The van der Waals surface area contributed by atoms with Crippen LogP contribution in [0.15, 0.2) is 103 Å². The van der Waals surface area contributed by atoms with Crippen LogP contribution in [-0.2, 0) is 12.4 Å². The molecule has 0 aliphatic carbocycles. The summed E-state index contributed by atoms with van der Waals surface area (Å²) in [5.41, 5.74) is 6.77. The third-order valence-corrected chi connectivity index (χ3v) is 5.60. The first-order valence-corrected chi connectivity index (χ1v) is 11.1. The molecule has 0 saturated carbocycles. The Morgan fingerprint density at radius 2 is 1.29 bits per heavy atom. The smallest absolute Gasteiger partial charge is 0.398 e. The Labute approximate surface area is 213 Å². The molecule has 194 valence electrons. The van der Waals surface area contributed by atoms with E-state index >= 15 is 0 Å². The van der Waals surface area contributed by atoms with E-state index in [2.05, 4.69) is 5.10 Å². The van der Waals surface area contributed by atoms with Gasteiger partial charge in [-0.2, -0.15) is 31.4 Å². The highest BCUT2D eigenvalue weighted by Gasteiger charge is 2.31. The molecule has 1 aromatic heterocycles. The van der Waals surface area contributed by atoms with E-state index in [1.807, 2.05) is 0 Å². The van der Waals surface area contributed by atoms with Crippen molar-refractivity contribution in [3.05, 3.63) is 126 Å². The minimum Gasteiger partial charge on any atom is -0.398 e. The van der Waals surface area contributed by atoms with Crippen molar-refractivity contribution in [3.8, 4) is 11.3 Å². The van der Waals surface area contributed by atoms with Gasteiger partial charge in [0.2, 0.25) is 0 Å². The number of halogens is 6. The Morgan fingerprint density at radius 3 is 1.79 bits per heavy atom. The largest absolute Gasteiger partial charge is 0.416 e. The Kier molecular flexibility index (Phi) is 7.25. The fourth-order valence-electron chi connectivity index (χ4n) is 3.66. The Balaban J connectivity index is 1.64. The summed E-state index contributed by atoms with van der Waals surface area (Å²) in [6, 6.07) is 17.0. The van der Waals surface area contributed by atoms with Crippen LogP contribution in [0.1, 0.15) is 27.0 Å². The van der Waals surface area contributed by atoms with E-state index in [9.17, 15) is 31.1 Å². The van der Waals surface area contributed by atoms with Crippen LogP contribution in [-0.4, -0.2) is 15.7 Å². The molecule has 4 rings (SSSR count). The highest BCUT2D eigenvalue weighted by molar-refractivity contribution is 5.91. The minimum atomic E-state index is -4.55. The van der Waals surface area contributed by atoms with Gasteiger partial charge in [0.1, 0.15) is 0 Å². The van der Waals surface area contributed by atoms with Crippen molar-refractivity contribution >= 4 is 17.2 Å². The summed E-state index contributed by atoms with van der Waals surface area (Å²) in [6.45, 7) is 0. The number of rotatable bonds is 5. The second kappa shape index (κ2) is 10.4. The van der Waals surface area contributed by atoms with E-state index in [4.69, 9.17) is 5.73 Å². The molecule has 0 spiro atoms. The van der Waals surface area contributed by atoms with Gasteiger partial charge in [-0.15, -0.1) is 0 Å². The van der Waals surface area contributed by atoms with Crippen molar-refractivity contribution in [1.82, 2.24) is 9.78 Å². The predicted octanol–water partition coefficient (Wildman–Crippen LogP) is 7.50. The lowest BCUT2D eigenvalue weighted by Gasteiger charge is -2.12. The summed E-state index contributed by atoms with van der Waals surface area (Å²) in [4.78, 5) is 12.6. The Hall–Kier alpha value is -4.60. The molecule has 1 heterocycles. The Bertz CT molecular complexity index is 1440. The molecule has 3 aromatic carbocycles. The third-order valence-electron chi connectivity index (χ3n) is 5.60. The number of carbonyl (C=O) groups excluding carboxylic acids is 1. The number of hydrogen-bond acceptors (Lipinski definition) is 3. The summed E-state index contributed by atoms with van der Waals surface area (Å²) in [5.74, 6) is -0.527. The fraction of sp³-hybridized carbons (Fsp3) is 0.0714. The summed E-state index contributed by atoms with van der Waals surface area (Å²) in [6.07, 6.45) is -3.68. The molecular weight excluding hydrogens is 508 g/mol. The number of nitrogens with two attached hydrogens (primary N) is 1. The van der Waals surface area contributed by atoms with Crippen molar-refractivity contribution in [1.29, 1.82) is 0 Å². The zero-order valence-electron chi connectivity index (χ0n) is 19.5. The van der Waals surface area contributed by atoms with Gasteiger partial charge in [0.25, 0.3) is 5.91 Å². The average Bonchev–Trinajstić information content (AvgIpc) is 3.36. The molecule has 0 amide bonds. The number of anilines is 1. The van der Waals surface area contributed by atoms with Gasteiger partial charge >= 0.3 is 12.4 Å². The molecule has 0 saturated heterocycles. The van der Waals surface area contributed by atoms with Crippen molar-refractivity contribution in [2.45, 2.75) is 12.4 Å². The van der Waals surface area contributed by atoms with E-state index in [-0.39, 0.29) is 0 Å². The molecule has 4 aromatic rings. The SMILES string of the molecule is Nc1ccccc1-c1ccn(C(=O)/C=C/C=C(c2ccc(C(F)(F)F)cc2)c2ccc(C(F)(F)F)cc2)n1. The van der Waals surface area contributed by atoms with Gasteiger partial charge in [0.05, 0.1) is 16.8 Å². The molecule has 0 aliphatic rings. The normalized spacial score (nSPS) is 12.1. The minimum absolute atomic E-state index is 0.315. The van der Waals surface area contributed by atoms with Crippen LogP contribution in [0, 0.1) is 0 Å². The maximum Gasteiger partial charge on any atom is 0.416 e. The molecule has 2 N–H and O–H groups in total. The van der Waals surface area contributed by atoms with Crippen LogP contribution in [0.4, 0.5) is 32.0 Å². The molecule has 0 aliphatic heterocycles. The topological polar surface area (TPSA) is 60.9 Å². The van der Waals surface area contributed by atoms with Gasteiger partial charge in [-0.25, -0.2) is 4.68 Å². The molecule has 10 heteroatoms. The van der Waals surface area contributed by atoms with Gasteiger partial charge in [-0.3, -0.25) is 4.79 Å². The fourth-order valence-corrected chi connectivity index (χ4v) is 3.66. The van der Waals surface area contributed by atoms with Crippen LogP contribution < -0.4 is 5.73 Å². The molecule has 0 unspecified atom stereocenters. The van der Waals surface area contributed by atoms with Crippen LogP contribution in [0.2, 0.25) is 0 Å². The summed E-state index contributed by atoms with van der Waals surface area (Å²) in [7, 11) is 0. The van der Waals surface area contributed by atoms with Gasteiger partial charge in [0, 0.05) is 23.5 Å². The first kappa shape index (κ1) is 26.5. The maximum atomic E-state index is 13.0. The molecule has 0 radical (unpaired) electrons. The van der Waals surface area contributed by atoms with Crippen LogP contribution in [0.5, 0.6) is 0 Å². The molecule has 0 bridgehead atoms. The summed E-state index contributed by atoms with van der Waals surface area (Å²) in [5, 5.41) is 4.22. The lowest BCUT2D eigenvalue weighted by Crippen LogP contribution is -2.07. The number of alkyl halides is 6. The first-order valence-electron chi connectivity index (χ1n) is 11.1. The molecule has 4 nitrogen and oxygen atoms in total. The third kappa shape index (κ3) is 6.03. The van der Waals surface area contributed by atoms with E-state index in [0.717, 1.165) is 28.9 Å².